The maximum Gasteiger partial charge on any atom is 0.328 e. The molecule has 0 heterocycles. The maximum atomic E-state index is 10.6. The molecular formula is C9H5Cl2NO4. The third kappa shape index (κ3) is 2.95. The molecule has 0 aliphatic rings. The van der Waals surface area contributed by atoms with Crippen LogP contribution in [-0.2, 0) is 4.79 Å². The number of halogens is 2. The van der Waals surface area contributed by atoms with Crippen molar-refractivity contribution in [3.63, 3.8) is 0 Å². The predicted octanol–water partition coefficient (Wildman–Crippen LogP) is 3.00. The first-order valence-corrected chi connectivity index (χ1v) is 4.72. The fourth-order valence-corrected chi connectivity index (χ4v) is 1.50. The Labute approximate surface area is 100 Å². The molecule has 0 saturated heterocycles. The summed E-state index contributed by atoms with van der Waals surface area (Å²) in [4.78, 5) is 20.2. The first kappa shape index (κ1) is 12.5. The number of benzene rings is 1. The average molecular weight is 262 g/mol. The van der Waals surface area contributed by atoms with Gasteiger partial charge in [0, 0.05) is 22.7 Å². The number of nitro groups is 1. The largest absolute Gasteiger partial charge is 0.478 e. The number of carboxylic acid groups (broad SMARTS) is 1. The van der Waals surface area contributed by atoms with Crippen molar-refractivity contribution in [2.75, 3.05) is 0 Å². The second kappa shape index (κ2) is 4.96. The van der Waals surface area contributed by atoms with E-state index in [-0.39, 0.29) is 21.3 Å². The van der Waals surface area contributed by atoms with Gasteiger partial charge in [-0.2, -0.15) is 0 Å². The lowest BCUT2D eigenvalue weighted by molar-refractivity contribution is -0.384. The Bertz CT molecular complexity index is 485. The van der Waals surface area contributed by atoms with Gasteiger partial charge >= 0.3 is 5.97 Å². The molecule has 1 aromatic rings. The summed E-state index contributed by atoms with van der Waals surface area (Å²) in [5.74, 6) is -1.17. The predicted molar refractivity (Wildman–Crippen MR) is 59.8 cm³/mol. The highest BCUT2D eigenvalue weighted by atomic mass is 35.5. The maximum absolute atomic E-state index is 10.6. The topological polar surface area (TPSA) is 80.4 Å². The molecule has 0 radical (unpaired) electrons. The number of hydrogen-bond donors (Lipinski definition) is 1. The standard InChI is InChI=1S/C9H5Cl2NO4/c10-6-4-7(11)8(12(15)16)3-5(6)1-2-9(13)14/h1-4H,(H,13,14). The average Bonchev–Trinajstić information content (AvgIpc) is 2.15. The van der Waals surface area contributed by atoms with Crippen molar-refractivity contribution < 1.29 is 14.8 Å². The van der Waals surface area contributed by atoms with Crippen molar-refractivity contribution in [1.82, 2.24) is 0 Å². The van der Waals surface area contributed by atoms with E-state index in [1.807, 2.05) is 0 Å². The van der Waals surface area contributed by atoms with E-state index in [1.54, 1.807) is 0 Å². The normalized spacial score (nSPS) is 10.6. The van der Waals surface area contributed by atoms with Gasteiger partial charge in [-0.25, -0.2) is 4.79 Å². The molecule has 0 atom stereocenters. The number of nitrogens with zero attached hydrogens (tertiary/aromatic N) is 1. The molecule has 5 nitrogen and oxygen atoms in total. The molecule has 0 unspecified atom stereocenters. The van der Waals surface area contributed by atoms with Crippen LogP contribution in [0.3, 0.4) is 0 Å². The minimum Gasteiger partial charge on any atom is -0.478 e. The quantitative estimate of drug-likeness (QED) is 0.515. The molecule has 0 amide bonds. The first-order chi connectivity index (χ1) is 7.41. The molecule has 7 heteroatoms. The van der Waals surface area contributed by atoms with Gasteiger partial charge < -0.3 is 5.11 Å². The van der Waals surface area contributed by atoms with Crippen molar-refractivity contribution in [1.29, 1.82) is 0 Å². The number of hydrogen-bond acceptors (Lipinski definition) is 3. The number of carboxylic acids is 1. The van der Waals surface area contributed by atoms with E-state index in [1.165, 1.54) is 6.07 Å². The van der Waals surface area contributed by atoms with Crippen LogP contribution < -0.4 is 0 Å². The van der Waals surface area contributed by atoms with Gasteiger partial charge in [-0.1, -0.05) is 23.2 Å². The van der Waals surface area contributed by atoms with Crippen molar-refractivity contribution in [2.24, 2.45) is 0 Å². The van der Waals surface area contributed by atoms with Crippen LogP contribution >= 0.6 is 23.2 Å². The third-order valence-corrected chi connectivity index (χ3v) is 2.30. The summed E-state index contributed by atoms with van der Waals surface area (Å²) in [6.07, 6.45) is 1.99. The zero-order valence-corrected chi connectivity index (χ0v) is 9.20. The van der Waals surface area contributed by atoms with Crippen LogP contribution in [0.2, 0.25) is 10.0 Å². The number of aliphatic carboxylic acids is 1. The van der Waals surface area contributed by atoms with E-state index in [0.717, 1.165) is 18.2 Å². The fourth-order valence-electron chi connectivity index (χ4n) is 0.982. The minimum absolute atomic E-state index is 0.0949. The van der Waals surface area contributed by atoms with Crippen LogP contribution in [0.4, 0.5) is 5.69 Å². The molecule has 0 aliphatic heterocycles. The summed E-state index contributed by atoms with van der Waals surface area (Å²) >= 11 is 11.3. The Morgan fingerprint density at radius 3 is 2.50 bits per heavy atom. The monoisotopic (exact) mass is 261 g/mol. The summed E-state index contributed by atoms with van der Waals surface area (Å²) in [5.41, 5.74) is -0.101. The van der Waals surface area contributed by atoms with Gasteiger partial charge in [-0.05, 0) is 12.1 Å². The van der Waals surface area contributed by atoms with Gasteiger partial charge in [0.2, 0.25) is 0 Å². The van der Waals surface area contributed by atoms with Crippen LogP contribution in [-0.4, -0.2) is 16.0 Å². The summed E-state index contributed by atoms with van der Waals surface area (Å²) in [7, 11) is 0. The minimum atomic E-state index is -1.17. The van der Waals surface area contributed by atoms with Crippen molar-refractivity contribution in [3.05, 3.63) is 43.9 Å². The molecule has 16 heavy (non-hydrogen) atoms. The number of rotatable bonds is 3. The third-order valence-electron chi connectivity index (χ3n) is 1.67. The molecule has 0 aliphatic carbocycles. The lowest BCUT2D eigenvalue weighted by atomic mass is 10.2. The molecule has 0 fully saturated rings. The Morgan fingerprint density at radius 2 is 2.00 bits per heavy atom. The van der Waals surface area contributed by atoms with Crippen LogP contribution in [0, 0.1) is 10.1 Å². The molecule has 1 aromatic carbocycles. The van der Waals surface area contributed by atoms with E-state index in [4.69, 9.17) is 28.3 Å². The second-order valence-electron chi connectivity index (χ2n) is 2.75. The smallest absolute Gasteiger partial charge is 0.328 e. The van der Waals surface area contributed by atoms with Crippen LogP contribution in [0.15, 0.2) is 18.2 Å². The number of nitro benzene ring substituents is 1. The second-order valence-corrected chi connectivity index (χ2v) is 3.57. The molecule has 0 aromatic heterocycles. The summed E-state index contributed by atoms with van der Waals surface area (Å²) in [6.45, 7) is 0. The van der Waals surface area contributed by atoms with Gasteiger partial charge in [-0.15, -0.1) is 0 Å². The van der Waals surface area contributed by atoms with Crippen LogP contribution in [0.5, 0.6) is 0 Å². The van der Waals surface area contributed by atoms with Crippen molar-refractivity contribution >= 4 is 40.9 Å². The molecule has 1 N–H and O–H groups in total. The Morgan fingerprint density at radius 1 is 1.38 bits per heavy atom. The Hall–Kier alpha value is -1.59. The van der Waals surface area contributed by atoms with Gasteiger partial charge in [0.05, 0.1) is 4.92 Å². The summed E-state index contributed by atoms with van der Waals surface area (Å²) < 4.78 is 0. The Balaban J connectivity index is 3.25. The lowest BCUT2D eigenvalue weighted by Gasteiger charge is -2.00. The van der Waals surface area contributed by atoms with Crippen LogP contribution in [0.1, 0.15) is 5.56 Å². The highest BCUT2D eigenvalue weighted by Gasteiger charge is 2.14. The molecule has 0 bridgehead atoms. The van der Waals surface area contributed by atoms with Gasteiger partial charge in [0.25, 0.3) is 5.69 Å². The van der Waals surface area contributed by atoms with E-state index in [0.29, 0.717) is 0 Å². The zero-order chi connectivity index (χ0) is 12.3. The SMILES string of the molecule is O=C(O)C=Cc1cc([N+](=O)[O-])c(Cl)cc1Cl. The van der Waals surface area contributed by atoms with Crippen molar-refractivity contribution in [3.8, 4) is 0 Å². The van der Waals surface area contributed by atoms with E-state index >= 15 is 0 Å². The van der Waals surface area contributed by atoms with E-state index in [2.05, 4.69) is 0 Å². The number of carbonyl (C=O) groups is 1. The van der Waals surface area contributed by atoms with Crippen LogP contribution in [0.25, 0.3) is 6.08 Å². The summed E-state index contributed by atoms with van der Waals surface area (Å²) in [5, 5.41) is 19.0. The highest BCUT2D eigenvalue weighted by molar-refractivity contribution is 6.36. The lowest BCUT2D eigenvalue weighted by Crippen LogP contribution is -1.91. The summed E-state index contributed by atoms with van der Waals surface area (Å²) in [6, 6.07) is 2.31. The van der Waals surface area contributed by atoms with Gasteiger partial charge in [0.15, 0.2) is 0 Å². The highest BCUT2D eigenvalue weighted by Crippen LogP contribution is 2.31. The molecular weight excluding hydrogens is 257 g/mol. The fraction of sp³-hybridized carbons (Fsp3) is 0. The van der Waals surface area contributed by atoms with Crippen molar-refractivity contribution in [2.45, 2.75) is 0 Å². The molecule has 1 rings (SSSR count). The molecule has 84 valence electrons. The molecule has 0 saturated carbocycles. The molecule has 0 spiro atoms. The van der Waals surface area contributed by atoms with E-state index in [9.17, 15) is 14.9 Å². The van der Waals surface area contributed by atoms with E-state index < -0.39 is 10.9 Å². The van der Waals surface area contributed by atoms with Gasteiger partial charge in [0.1, 0.15) is 5.02 Å². The zero-order valence-electron chi connectivity index (χ0n) is 7.68. The first-order valence-electron chi connectivity index (χ1n) is 3.96. The Kier molecular flexibility index (Phi) is 3.87. The van der Waals surface area contributed by atoms with Gasteiger partial charge in [-0.3, -0.25) is 10.1 Å².